The third-order valence-corrected chi connectivity index (χ3v) is 3.73. The van der Waals surface area contributed by atoms with Crippen molar-refractivity contribution in [3.63, 3.8) is 0 Å². The summed E-state index contributed by atoms with van der Waals surface area (Å²) in [5.74, 6) is -0.465. The second-order valence-electron chi connectivity index (χ2n) is 4.94. The number of halogens is 1. The van der Waals surface area contributed by atoms with Crippen LogP contribution in [0, 0.1) is 0 Å². The van der Waals surface area contributed by atoms with Crippen LogP contribution in [-0.2, 0) is 6.54 Å². The average molecular weight is 291 g/mol. The summed E-state index contributed by atoms with van der Waals surface area (Å²) in [7, 11) is 0. The SMILES string of the molecule is NC(=O)c1ccc(Cl)c(NCc2cncn2C2CC2)c1. The van der Waals surface area contributed by atoms with E-state index in [0.29, 0.717) is 28.9 Å². The van der Waals surface area contributed by atoms with Gasteiger partial charge in [0.25, 0.3) is 0 Å². The van der Waals surface area contributed by atoms with Gasteiger partial charge in [-0.3, -0.25) is 4.79 Å². The van der Waals surface area contributed by atoms with Crippen LogP contribution in [0.5, 0.6) is 0 Å². The zero-order valence-electron chi connectivity index (χ0n) is 10.8. The van der Waals surface area contributed by atoms with Crippen LogP contribution in [0.4, 0.5) is 5.69 Å². The van der Waals surface area contributed by atoms with Crippen LogP contribution in [0.2, 0.25) is 5.02 Å². The number of nitrogens with one attached hydrogen (secondary N) is 1. The maximum absolute atomic E-state index is 11.2. The van der Waals surface area contributed by atoms with Gasteiger partial charge in [0.1, 0.15) is 0 Å². The monoisotopic (exact) mass is 290 g/mol. The van der Waals surface area contributed by atoms with E-state index in [9.17, 15) is 4.79 Å². The molecule has 1 fully saturated rings. The predicted octanol–water partition coefficient (Wildman–Crippen LogP) is 2.58. The second-order valence-corrected chi connectivity index (χ2v) is 5.34. The number of nitrogens with zero attached hydrogens (tertiary/aromatic N) is 2. The van der Waals surface area contributed by atoms with Crippen LogP contribution in [0.3, 0.4) is 0 Å². The number of hydrogen-bond donors (Lipinski definition) is 2. The summed E-state index contributed by atoms with van der Waals surface area (Å²) in [6.45, 7) is 0.610. The number of benzene rings is 1. The van der Waals surface area contributed by atoms with Gasteiger partial charge in [-0.1, -0.05) is 11.6 Å². The molecule has 0 radical (unpaired) electrons. The van der Waals surface area contributed by atoms with Gasteiger partial charge in [0.05, 0.1) is 29.3 Å². The van der Waals surface area contributed by atoms with Crippen molar-refractivity contribution in [2.24, 2.45) is 5.73 Å². The predicted molar refractivity (Wildman–Crippen MR) is 77.8 cm³/mol. The van der Waals surface area contributed by atoms with Gasteiger partial charge in [-0.25, -0.2) is 4.98 Å². The van der Waals surface area contributed by atoms with Crippen molar-refractivity contribution in [1.29, 1.82) is 0 Å². The Bertz CT molecular complexity index is 648. The molecule has 1 aliphatic carbocycles. The smallest absolute Gasteiger partial charge is 0.248 e. The lowest BCUT2D eigenvalue weighted by Crippen LogP contribution is -2.12. The Balaban J connectivity index is 1.75. The summed E-state index contributed by atoms with van der Waals surface area (Å²) >= 11 is 6.12. The lowest BCUT2D eigenvalue weighted by Gasteiger charge is -2.11. The van der Waals surface area contributed by atoms with E-state index in [1.807, 2.05) is 12.5 Å². The van der Waals surface area contributed by atoms with Crippen LogP contribution in [0.25, 0.3) is 0 Å². The molecule has 0 saturated heterocycles. The Morgan fingerprint density at radius 1 is 1.50 bits per heavy atom. The number of amides is 1. The number of carbonyl (C=O) groups excluding carboxylic acids is 1. The average Bonchev–Trinajstić information content (AvgIpc) is 3.17. The van der Waals surface area contributed by atoms with Crippen LogP contribution in [0.15, 0.2) is 30.7 Å². The van der Waals surface area contributed by atoms with E-state index < -0.39 is 5.91 Å². The molecule has 6 heteroatoms. The molecule has 1 aromatic carbocycles. The van der Waals surface area contributed by atoms with E-state index in [4.69, 9.17) is 17.3 Å². The maximum atomic E-state index is 11.2. The Hall–Kier alpha value is -2.01. The zero-order valence-corrected chi connectivity index (χ0v) is 11.6. The van der Waals surface area contributed by atoms with E-state index in [2.05, 4.69) is 14.9 Å². The van der Waals surface area contributed by atoms with Crippen molar-refractivity contribution in [2.75, 3.05) is 5.32 Å². The Morgan fingerprint density at radius 3 is 3.00 bits per heavy atom. The van der Waals surface area contributed by atoms with Gasteiger partial charge in [0, 0.05) is 17.8 Å². The summed E-state index contributed by atoms with van der Waals surface area (Å²) in [6, 6.07) is 5.54. The minimum Gasteiger partial charge on any atom is -0.378 e. The number of nitrogens with two attached hydrogens (primary N) is 1. The van der Waals surface area contributed by atoms with Crippen LogP contribution in [0.1, 0.15) is 34.9 Å². The largest absolute Gasteiger partial charge is 0.378 e. The van der Waals surface area contributed by atoms with E-state index in [0.717, 1.165) is 5.69 Å². The Kier molecular flexibility index (Phi) is 3.36. The van der Waals surface area contributed by atoms with Crippen molar-refractivity contribution in [1.82, 2.24) is 9.55 Å². The van der Waals surface area contributed by atoms with Crippen molar-refractivity contribution >= 4 is 23.2 Å². The number of primary amides is 1. The van der Waals surface area contributed by atoms with Crippen molar-refractivity contribution < 1.29 is 4.79 Å². The molecule has 0 spiro atoms. The number of hydrogen-bond acceptors (Lipinski definition) is 3. The van der Waals surface area contributed by atoms with Crippen molar-refractivity contribution in [3.05, 3.63) is 47.0 Å². The van der Waals surface area contributed by atoms with Crippen LogP contribution in [-0.4, -0.2) is 15.5 Å². The molecule has 0 atom stereocenters. The fourth-order valence-electron chi connectivity index (χ4n) is 2.15. The molecular weight excluding hydrogens is 276 g/mol. The number of aromatic nitrogens is 2. The van der Waals surface area contributed by atoms with Gasteiger partial charge in [-0.05, 0) is 31.0 Å². The molecule has 0 bridgehead atoms. The van der Waals surface area contributed by atoms with E-state index in [1.165, 1.54) is 12.8 Å². The van der Waals surface area contributed by atoms with Gasteiger partial charge in [0.2, 0.25) is 5.91 Å². The summed E-state index contributed by atoms with van der Waals surface area (Å²) in [6.07, 6.45) is 6.12. The van der Waals surface area contributed by atoms with Crippen molar-refractivity contribution in [3.8, 4) is 0 Å². The number of carbonyl (C=O) groups is 1. The summed E-state index contributed by atoms with van der Waals surface area (Å²) < 4.78 is 2.18. The fourth-order valence-corrected chi connectivity index (χ4v) is 2.33. The molecule has 104 valence electrons. The van der Waals surface area contributed by atoms with Crippen LogP contribution < -0.4 is 11.1 Å². The third-order valence-electron chi connectivity index (χ3n) is 3.40. The molecule has 5 nitrogen and oxygen atoms in total. The topological polar surface area (TPSA) is 72.9 Å². The highest BCUT2D eigenvalue weighted by atomic mass is 35.5. The summed E-state index contributed by atoms with van der Waals surface area (Å²) in [5, 5.41) is 3.80. The molecular formula is C14H15ClN4O. The molecule has 20 heavy (non-hydrogen) atoms. The zero-order chi connectivity index (χ0) is 14.1. The first-order valence-electron chi connectivity index (χ1n) is 6.49. The first-order valence-corrected chi connectivity index (χ1v) is 6.87. The first kappa shape index (κ1) is 13.0. The number of anilines is 1. The van der Waals surface area contributed by atoms with E-state index >= 15 is 0 Å². The molecule has 3 N–H and O–H groups in total. The van der Waals surface area contributed by atoms with Crippen LogP contribution >= 0.6 is 11.6 Å². The van der Waals surface area contributed by atoms with Gasteiger partial charge in [-0.15, -0.1) is 0 Å². The minimum atomic E-state index is -0.465. The van der Waals surface area contributed by atoms with Gasteiger partial charge < -0.3 is 15.6 Å². The number of imidazole rings is 1. The van der Waals surface area contributed by atoms with Crippen molar-refractivity contribution in [2.45, 2.75) is 25.4 Å². The standard InChI is InChI=1S/C14H15ClN4O/c15-12-4-1-9(14(16)20)5-13(12)18-7-11-6-17-8-19(11)10-2-3-10/h1,4-6,8,10,18H,2-3,7H2,(H2,16,20). The molecule has 1 heterocycles. The molecule has 0 aliphatic heterocycles. The second kappa shape index (κ2) is 5.17. The molecule has 2 aromatic rings. The van der Waals surface area contributed by atoms with Gasteiger partial charge in [0.15, 0.2) is 0 Å². The number of rotatable bonds is 5. The fraction of sp³-hybridized carbons (Fsp3) is 0.286. The summed E-state index contributed by atoms with van der Waals surface area (Å²) in [4.78, 5) is 15.4. The molecule has 1 amide bonds. The summed E-state index contributed by atoms with van der Waals surface area (Å²) in [5.41, 5.74) is 7.51. The lowest BCUT2D eigenvalue weighted by atomic mass is 10.2. The normalized spacial score (nSPS) is 14.2. The quantitative estimate of drug-likeness (QED) is 0.889. The molecule has 1 saturated carbocycles. The van der Waals surface area contributed by atoms with E-state index in [1.54, 1.807) is 18.2 Å². The third kappa shape index (κ3) is 2.63. The lowest BCUT2D eigenvalue weighted by molar-refractivity contribution is 0.100. The Labute approximate surface area is 121 Å². The van der Waals surface area contributed by atoms with E-state index in [-0.39, 0.29) is 0 Å². The highest BCUT2D eigenvalue weighted by Gasteiger charge is 2.25. The van der Waals surface area contributed by atoms with Gasteiger partial charge >= 0.3 is 0 Å². The van der Waals surface area contributed by atoms with Gasteiger partial charge in [-0.2, -0.15) is 0 Å². The maximum Gasteiger partial charge on any atom is 0.248 e. The minimum absolute atomic E-state index is 0.438. The highest BCUT2D eigenvalue weighted by Crippen LogP contribution is 2.35. The Morgan fingerprint density at radius 2 is 2.30 bits per heavy atom. The highest BCUT2D eigenvalue weighted by molar-refractivity contribution is 6.33. The molecule has 1 aromatic heterocycles. The molecule has 1 aliphatic rings. The molecule has 0 unspecified atom stereocenters. The molecule has 3 rings (SSSR count). The first-order chi connectivity index (χ1) is 9.65.